The smallest absolute Gasteiger partial charge is 0.326 e. The number of carboxylic acids is 1. The van der Waals surface area contributed by atoms with Crippen molar-refractivity contribution in [2.24, 2.45) is 0 Å². The van der Waals surface area contributed by atoms with Gasteiger partial charge in [-0.15, -0.1) is 0 Å². The van der Waals surface area contributed by atoms with Crippen LogP contribution in [-0.2, 0) is 11.2 Å². The minimum absolute atomic E-state index is 0.363. The van der Waals surface area contributed by atoms with Crippen LogP contribution in [0.25, 0.3) is 0 Å². The van der Waals surface area contributed by atoms with Crippen molar-refractivity contribution in [2.75, 3.05) is 6.54 Å². The monoisotopic (exact) mass is 277 g/mol. The van der Waals surface area contributed by atoms with E-state index in [1.165, 1.54) is 6.42 Å². The first-order chi connectivity index (χ1) is 9.58. The van der Waals surface area contributed by atoms with E-state index < -0.39 is 12.0 Å². The summed E-state index contributed by atoms with van der Waals surface area (Å²) in [4.78, 5) is 18.6. The normalized spacial score (nSPS) is 26.9. The second kappa shape index (κ2) is 5.20. The Balaban J connectivity index is 1.91. The third-order valence-electron chi connectivity index (χ3n) is 4.63. The van der Waals surface area contributed by atoms with Crippen LogP contribution in [0.3, 0.4) is 0 Å². The topological polar surface area (TPSA) is 58.4 Å². The first kappa shape index (κ1) is 13.6. The molecule has 3 rings (SSSR count). The van der Waals surface area contributed by atoms with Gasteiger partial charge in [-0.25, -0.2) is 9.78 Å². The Morgan fingerprint density at radius 2 is 2.20 bits per heavy atom. The predicted molar refractivity (Wildman–Crippen MR) is 75.7 cm³/mol. The molecule has 2 unspecified atom stereocenters. The SMILES string of the molecule is CC(C)N1CCCC1c1cn2c(n1)CCCC2C(=O)O. The summed E-state index contributed by atoms with van der Waals surface area (Å²) >= 11 is 0. The molecule has 0 spiro atoms. The third-order valence-corrected chi connectivity index (χ3v) is 4.63. The van der Waals surface area contributed by atoms with Crippen molar-refractivity contribution in [1.82, 2.24) is 14.5 Å². The van der Waals surface area contributed by atoms with Gasteiger partial charge in [0.25, 0.3) is 0 Å². The average Bonchev–Trinajstić information content (AvgIpc) is 3.03. The van der Waals surface area contributed by atoms with E-state index >= 15 is 0 Å². The molecule has 0 aromatic carbocycles. The summed E-state index contributed by atoms with van der Waals surface area (Å²) in [5, 5.41) is 9.34. The van der Waals surface area contributed by atoms with E-state index in [1.807, 2.05) is 10.8 Å². The van der Waals surface area contributed by atoms with Crippen LogP contribution in [0.1, 0.15) is 63.1 Å². The van der Waals surface area contributed by atoms with Crippen LogP contribution >= 0.6 is 0 Å². The molecule has 0 amide bonds. The van der Waals surface area contributed by atoms with E-state index in [0.717, 1.165) is 43.7 Å². The summed E-state index contributed by atoms with van der Waals surface area (Å²) in [6.07, 6.45) is 6.87. The molecule has 1 N–H and O–H groups in total. The minimum atomic E-state index is -0.734. The van der Waals surface area contributed by atoms with Crippen molar-refractivity contribution in [3.05, 3.63) is 17.7 Å². The van der Waals surface area contributed by atoms with E-state index in [9.17, 15) is 9.90 Å². The number of hydrogen-bond acceptors (Lipinski definition) is 3. The van der Waals surface area contributed by atoms with Gasteiger partial charge < -0.3 is 9.67 Å². The highest BCUT2D eigenvalue weighted by Gasteiger charge is 2.33. The molecule has 1 aromatic heterocycles. The third kappa shape index (κ3) is 2.24. The Kier molecular flexibility index (Phi) is 3.54. The number of aliphatic carboxylic acids is 1. The van der Waals surface area contributed by atoms with Crippen molar-refractivity contribution in [3.63, 3.8) is 0 Å². The van der Waals surface area contributed by atoms with E-state index in [1.54, 1.807) is 0 Å². The Morgan fingerprint density at radius 1 is 1.40 bits per heavy atom. The van der Waals surface area contributed by atoms with Crippen LogP contribution in [-0.4, -0.2) is 38.1 Å². The number of nitrogens with zero attached hydrogens (tertiary/aromatic N) is 3. The molecule has 3 heterocycles. The van der Waals surface area contributed by atoms with Gasteiger partial charge in [0.15, 0.2) is 0 Å². The summed E-state index contributed by atoms with van der Waals surface area (Å²) in [5.41, 5.74) is 1.07. The van der Waals surface area contributed by atoms with E-state index in [-0.39, 0.29) is 0 Å². The molecule has 5 heteroatoms. The molecule has 0 bridgehead atoms. The lowest BCUT2D eigenvalue weighted by molar-refractivity contribution is -0.141. The number of aromatic nitrogens is 2. The quantitative estimate of drug-likeness (QED) is 0.921. The standard InChI is InChI=1S/C15H23N3O2/c1-10(2)17-8-4-6-12(17)11-9-18-13(15(19)20)5-3-7-14(18)16-11/h9-10,12-13H,3-8H2,1-2H3,(H,19,20). The van der Waals surface area contributed by atoms with Gasteiger partial charge in [0, 0.05) is 18.7 Å². The zero-order valence-corrected chi connectivity index (χ0v) is 12.2. The van der Waals surface area contributed by atoms with Gasteiger partial charge in [0.2, 0.25) is 0 Å². The number of likely N-dealkylation sites (tertiary alicyclic amines) is 1. The van der Waals surface area contributed by atoms with E-state index in [0.29, 0.717) is 12.1 Å². The molecule has 2 atom stereocenters. The lowest BCUT2D eigenvalue weighted by atomic mass is 10.1. The lowest BCUT2D eigenvalue weighted by Crippen LogP contribution is -2.30. The van der Waals surface area contributed by atoms with Crippen LogP contribution in [0.4, 0.5) is 0 Å². The van der Waals surface area contributed by atoms with Crippen molar-refractivity contribution in [1.29, 1.82) is 0 Å². The number of aryl methyl sites for hydroxylation is 1. The van der Waals surface area contributed by atoms with Crippen LogP contribution in [0, 0.1) is 0 Å². The Hall–Kier alpha value is -1.36. The molecule has 5 nitrogen and oxygen atoms in total. The van der Waals surface area contributed by atoms with Crippen molar-refractivity contribution in [2.45, 2.75) is 64.1 Å². The summed E-state index contributed by atoms with van der Waals surface area (Å²) in [5.74, 6) is 0.219. The zero-order valence-electron chi connectivity index (χ0n) is 12.2. The van der Waals surface area contributed by atoms with E-state index in [2.05, 4.69) is 18.7 Å². The maximum Gasteiger partial charge on any atom is 0.326 e. The van der Waals surface area contributed by atoms with Crippen LogP contribution < -0.4 is 0 Å². The Morgan fingerprint density at radius 3 is 2.90 bits per heavy atom. The molecule has 0 aliphatic carbocycles. The second-order valence-corrected chi connectivity index (χ2v) is 6.23. The Labute approximate surface area is 119 Å². The molecule has 0 saturated carbocycles. The molecule has 20 heavy (non-hydrogen) atoms. The van der Waals surface area contributed by atoms with Crippen LogP contribution in [0.5, 0.6) is 0 Å². The summed E-state index contributed by atoms with van der Waals surface area (Å²) < 4.78 is 1.90. The first-order valence-corrected chi connectivity index (χ1v) is 7.64. The van der Waals surface area contributed by atoms with Crippen LogP contribution in [0.2, 0.25) is 0 Å². The fourth-order valence-electron chi connectivity index (χ4n) is 3.63. The number of fused-ring (bicyclic) bond motifs is 1. The molecule has 0 radical (unpaired) electrons. The average molecular weight is 277 g/mol. The molecule has 2 aliphatic rings. The second-order valence-electron chi connectivity index (χ2n) is 6.23. The fourth-order valence-corrected chi connectivity index (χ4v) is 3.63. The van der Waals surface area contributed by atoms with Gasteiger partial charge in [-0.1, -0.05) is 0 Å². The summed E-state index contributed by atoms with van der Waals surface area (Å²) in [6, 6.07) is 0.452. The maximum atomic E-state index is 11.4. The highest BCUT2D eigenvalue weighted by molar-refractivity contribution is 5.72. The number of carbonyl (C=O) groups is 1. The number of carboxylic acid groups (broad SMARTS) is 1. The zero-order chi connectivity index (χ0) is 14.3. The molecular weight excluding hydrogens is 254 g/mol. The van der Waals surface area contributed by atoms with E-state index in [4.69, 9.17) is 4.98 Å². The molecule has 110 valence electrons. The highest BCUT2D eigenvalue weighted by atomic mass is 16.4. The van der Waals surface area contributed by atoms with Crippen molar-refractivity contribution < 1.29 is 9.90 Å². The molecular formula is C15H23N3O2. The van der Waals surface area contributed by atoms with Crippen molar-refractivity contribution in [3.8, 4) is 0 Å². The van der Waals surface area contributed by atoms with Gasteiger partial charge >= 0.3 is 5.97 Å². The summed E-state index contributed by atoms with van der Waals surface area (Å²) in [7, 11) is 0. The predicted octanol–water partition coefficient (Wildman–Crippen LogP) is 2.39. The van der Waals surface area contributed by atoms with Gasteiger partial charge in [0.1, 0.15) is 11.9 Å². The first-order valence-electron chi connectivity index (χ1n) is 7.64. The minimum Gasteiger partial charge on any atom is -0.480 e. The Bertz CT molecular complexity index is 509. The molecule has 1 fully saturated rings. The maximum absolute atomic E-state index is 11.4. The summed E-state index contributed by atoms with van der Waals surface area (Å²) in [6.45, 7) is 5.55. The highest BCUT2D eigenvalue weighted by Crippen LogP contribution is 2.35. The van der Waals surface area contributed by atoms with Gasteiger partial charge in [-0.2, -0.15) is 0 Å². The van der Waals surface area contributed by atoms with Gasteiger partial charge in [-0.3, -0.25) is 4.90 Å². The lowest BCUT2D eigenvalue weighted by Gasteiger charge is -2.27. The molecule has 2 aliphatic heterocycles. The number of imidazole rings is 1. The number of hydrogen-bond donors (Lipinski definition) is 1. The van der Waals surface area contributed by atoms with Gasteiger partial charge in [-0.05, 0) is 46.1 Å². The number of rotatable bonds is 3. The fraction of sp³-hybridized carbons (Fsp3) is 0.733. The largest absolute Gasteiger partial charge is 0.480 e. The molecule has 1 saturated heterocycles. The van der Waals surface area contributed by atoms with Gasteiger partial charge in [0.05, 0.1) is 11.7 Å². The van der Waals surface area contributed by atoms with Crippen LogP contribution in [0.15, 0.2) is 6.20 Å². The molecule has 1 aromatic rings. The van der Waals surface area contributed by atoms with Crippen molar-refractivity contribution >= 4 is 5.97 Å².